The van der Waals surface area contributed by atoms with Crippen molar-refractivity contribution in [1.29, 1.82) is 0 Å². The van der Waals surface area contributed by atoms with E-state index in [2.05, 4.69) is 11.6 Å². The molecule has 0 amide bonds. The fourth-order valence-electron chi connectivity index (χ4n) is 1.90. The van der Waals surface area contributed by atoms with Gasteiger partial charge in [0.1, 0.15) is 4.90 Å². The Morgan fingerprint density at radius 3 is 2.30 bits per heavy atom. The maximum absolute atomic E-state index is 12.2. The first kappa shape index (κ1) is 14.9. The molecule has 0 spiro atoms. The third-order valence-electron chi connectivity index (χ3n) is 2.87. The normalized spacial score (nSPS) is 11.3. The summed E-state index contributed by atoms with van der Waals surface area (Å²) in [5, 5.41) is 0.211. The van der Waals surface area contributed by atoms with Crippen LogP contribution < -0.4 is 4.72 Å². The van der Waals surface area contributed by atoms with Gasteiger partial charge in [-0.15, -0.1) is 0 Å². The van der Waals surface area contributed by atoms with Crippen molar-refractivity contribution in [2.75, 3.05) is 4.72 Å². The highest BCUT2D eigenvalue weighted by Crippen LogP contribution is 2.23. The van der Waals surface area contributed by atoms with Gasteiger partial charge in [0, 0.05) is 5.69 Å². The Morgan fingerprint density at radius 2 is 1.70 bits per heavy atom. The van der Waals surface area contributed by atoms with Crippen LogP contribution in [0.3, 0.4) is 0 Å². The summed E-state index contributed by atoms with van der Waals surface area (Å²) in [6, 6.07) is 13.8. The minimum atomic E-state index is -3.65. The molecular weight excluding hydrogens is 294 g/mol. The molecule has 106 valence electrons. The van der Waals surface area contributed by atoms with Gasteiger partial charge in [-0.05, 0) is 36.2 Å². The summed E-state index contributed by atoms with van der Waals surface area (Å²) in [5.41, 5.74) is 1.72. The van der Waals surface area contributed by atoms with E-state index in [4.69, 9.17) is 11.6 Å². The number of anilines is 1. The van der Waals surface area contributed by atoms with E-state index in [9.17, 15) is 8.42 Å². The van der Waals surface area contributed by atoms with Crippen molar-refractivity contribution >= 4 is 27.3 Å². The third-order valence-corrected chi connectivity index (χ3v) is 4.75. The lowest BCUT2D eigenvalue weighted by Crippen LogP contribution is -2.13. The zero-order valence-corrected chi connectivity index (χ0v) is 12.7. The van der Waals surface area contributed by atoms with E-state index in [1.807, 2.05) is 12.1 Å². The first-order valence-corrected chi connectivity index (χ1v) is 8.25. The fourth-order valence-corrected chi connectivity index (χ4v) is 3.48. The molecule has 0 aromatic heterocycles. The molecule has 1 N–H and O–H groups in total. The quantitative estimate of drug-likeness (QED) is 0.904. The second-order valence-corrected chi connectivity index (χ2v) is 6.54. The number of sulfonamides is 1. The molecule has 0 bridgehead atoms. The smallest absolute Gasteiger partial charge is 0.263 e. The Hall–Kier alpha value is -1.52. The zero-order valence-electron chi connectivity index (χ0n) is 11.1. The fraction of sp³-hybridized carbons (Fsp3) is 0.200. The average Bonchev–Trinajstić information content (AvgIpc) is 2.41. The molecule has 0 aliphatic rings. The topological polar surface area (TPSA) is 46.2 Å². The summed E-state index contributed by atoms with van der Waals surface area (Å²) in [5.74, 6) is 0. The van der Waals surface area contributed by atoms with Gasteiger partial charge in [-0.1, -0.05) is 49.2 Å². The van der Waals surface area contributed by atoms with Gasteiger partial charge in [0.15, 0.2) is 0 Å². The highest BCUT2D eigenvalue weighted by molar-refractivity contribution is 7.92. The van der Waals surface area contributed by atoms with Crippen LogP contribution in [-0.2, 0) is 16.4 Å². The maximum Gasteiger partial charge on any atom is 0.263 e. The van der Waals surface area contributed by atoms with Crippen LogP contribution in [0, 0.1) is 0 Å². The van der Waals surface area contributed by atoms with Crippen LogP contribution in [0.5, 0.6) is 0 Å². The van der Waals surface area contributed by atoms with Gasteiger partial charge in [-0.25, -0.2) is 8.42 Å². The monoisotopic (exact) mass is 309 g/mol. The molecule has 2 rings (SSSR count). The van der Waals surface area contributed by atoms with Gasteiger partial charge in [0.05, 0.1) is 5.02 Å². The second-order valence-electron chi connectivity index (χ2n) is 4.48. The Bertz CT molecular complexity index is 681. The van der Waals surface area contributed by atoms with Crippen molar-refractivity contribution in [2.45, 2.75) is 24.7 Å². The average molecular weight is 310 g/mol. The van der Waals surface area contributed by atoms with Crippen LogP contribution >= 0.6 is 11.6 Å². The van der Waals surface area contributed by atoms with E-state index in [0.717, 1.165) is 12.8 Å². The number of aryl methyl sites for hydroxylation is 1. The van der Waals surface area contributed by atoms with Crippen LogP contribution in [0.2, 0.25) is 5.02 Å². The Balaban J connectivity index is 2.22. The van der Waals surface area contributed by atoms with Crippen molar-refractivity contribution < 1.29 is 8.42 Å². The van der Waals surface area contributed by atoms with Gasteiger partial charge in [-0.3, -0.25) is 4.72 Å². The van der Waals surface area contributed by atoms with Crippen molar-refractivity contribution in [3.05, 3.63) is 59.1 Å². The molecule has 0 atom stereocenters. The highest BCUT2D eigenvalue weighted by Gasteiger charge is 2.17. The van der Waals surface area contributed by atoms with Crippen LogP contribution in [0.1, 0.15) is 18.9 Å². The lowest BCUT2D eigenvalue weighted by atomic mass is 10.1. The summed E-state index contributed by atoms with van der Waals surface area (Å²) < 4.78 is 27.0. The number of hydrogen-bond donors (Lipinski definition) is 1. The molecule has 2 aromatic carbocycles. The SMILES string of the molecule is CCCc1ccc(NS(=O)(=O)c2ccccc2Cl)cc1. The molecule has 0 fully saturated rings. The molecule has 3 nitrogen and oxygen atoms in total. The number of nitrogens with one attached hydrogen (secondary N) is 1. The van der Waals surface area contributed by atoms with E-state index in [1.165, 1.54) is 11.6 Å². The zero-order chi connectivity index (χ0) is 14.6. The molecule has 0 aliphatic heterocycles. The van der Waals surface area contributed by atoms with Crippen LogP contribution in [0.25, 0.3) is 0 Å². The van der Waals surface area contributed by atoms with Gasteiger partial charge < -0.3 is 0 Å². The van der Waals surface area contributed by atoms with Crippen molar-refractivity contribution in [3.8, 4) is 0 Å². The Kier molecular flexibility index (Phi) is 4.68. The van der Waals surface area contributed by atoms with E-state index in [0.29, 0.717) is 5.69 Å². The second kappa shape index (κ2) is 6.29. The summed E-state index contributed by atoms with van der Waals surface area (Å²) in [4.78, 5) is 0.0827. The Labute approximate surface area is 124 Å². The molecule has 0 aliphatic carbocycles. The molecule has 0 heterocycles. The predicted molar refractivity (Wildman–Crippen MR) is 82.7 cm³/mol. The van der Waals surface area contributed by atoms with Crippen molar-refractivity contribution in [2.24, 2.45) is 0 Å². The van der Waals surface area contributed by atoms with E-state index < -0.39 is 10.0 Å². The molecule has 0 unspecified atom stereocenters. The Morgan fingerprint density at radius 1 is 1.05 bits per heavy atom. The van der Waals surface area contributed by atoms with Gasteiger partial charge in [0.25, 0.3) is 10.0 Å². The van der Waals surface area contributed by atoms with E-state index in [-0.39, 0.29) is 9.92 Å². The predicted octanol–water partition coefficient (Wildman–Crippen LogP) is 4.09. The number of hydrogen-bond acceptors (Lipinski definition) is 2. The minimum Gasteiger partial charge on any atom is -0.280 e. The lowest BCUT2D eigenvalue weighted by molar-refractivity contribution is 0.601. The molecule has 0 saturated heterocycles. The van der Waals surface area contributed by atoms with Crippen molar-refractivity contribution in [3.63, 3.8) is 0 Å². The van der Waals surface area contributed by atoms with Gasteiger partial charge in [0.2, 0.25) is 0 Å². The third kappa shape index (κ3) is 3.52. The number of rotatable bonds is 5. The van der Waals surface area contributed by atoms with Crippen LogP contribution in [0.15, 0.2) is 53.4 Å². The van der Waals surface area contributed by atoms with E-state index >= 15 is 0 Å². The van der Waals surface area contributed by atoms with Gasteiger partial charge in [-0.2, -0.15) is 0 Å². The lowest BCUT2D eigenvalue weighted by Gasteiger charge is -2.10. The molecule has 5 heteroatoms. The standard InChI is InChI=1S/C15H16ClNO2S/c1-2-5-12-8-10-13(11-9-12)17-20(18,19)15-7-4-3-6-14(15)16/h3-4,6-11,17H,2,5H2,1H3. The number of halogens is 1. The minimum absolute atomic E-state index is 0.0827. The summed E-state index contributed by atoms with van der Waals surface area (Å²) in [6.45, 7) is 2.11. The van der Waals surface area contributed by atoms with Gasteiger partial charge >= 0.3 is 0 Å². The molecule has 20 heavy (non-hydrogen) atoms. The summed E-state index contributed by atoms with van der Waals surface area (Å²) >= 11 is 5.92. The van der Waals surface area contributed by atoms with Crippen LogP contribution in [0.4, 0.5) is 5.69 Å². The number of benzene rings is 2. The largest absolute Gasteiger partial charge is 0.280 e. The molecule has 0 radical (unpaired) electrons. The van der Waals surface area contributed by atoms with E-state index in [1.54, 1.807) is 30.3 Å². The molecule has 0 saturated carbocycles. The van der Waals surface area contributed by atoms with Crippen LogP contribution in [-0.4, -0.2) is 8.42 Å². The molecular formula is C15H16ClNO2S. The first-order chi connectivity index (χ1) is 9.53. The van der Waals surface area contributed by atoms with Crippen molar-refractivity contribution in [1.82, 2.24) is 0 Å². The first-order valence-electron chi connectivity index (χ1n) is 6.39. The summed E-state index contributed by atoms with van der Waals surface area (Å²) in [6.07, 6.45) is 2.04. The highest BCUT2D eigenvalue weighted by atomic mass is 35.5. The summed E-state index contributed by atoms with van der Waals surface area (Å²) in [7, 11) is -3.65. The maximum atomic E-state index is 12.2. The molecule has 2 aromatic rings.